The molecule has 1 N–H and O–H groups in total. The van der Waals surface area contributed by atoms with Gasteiger partial charge in [0.2, 0.25) is 6.79 Å². The van der Waals surface area contributed by atoms with Crippen molar-refractivity contribution in [3.8, 4) is 22.3 Å². The van der Waals surface area contributed by atoms with Gasteiger partial charge in [-0.1, -0.05) is 0 Å². The molecule has 3 aromatic rings. The second-order valence-corrected chi connectivity index (χ2v) is 6.90. The second-order valence-electron chi connectivity index (χ2n) is 6.04. The normalized spacial score (nSPS) is 11.8. The molecule has 0 aliphatic carbocycles. The van der Waals surface area contributed by atoms with Crippen molar-refractivity contribution in [1.82, 2.24) is 15.0 Å². The number of aromatic nitrogens is 3. The molecule has 1 aromatic carbocycles. The van der Waals surface area contributed by atoms with Crippen LogP contribution in [-0.2, 0) is 9.53 Å². The van der Waals surface area contributed by atoms with Crippen LogP contribution in [0.25, 0.3) is 10.8 Å². The quantitative estimate of drug-likeness (QED) is 0.466. The Labute approximate surface area is 173 Å². The van der Waals surface area contributed by atoms with E-state index in [2.05, 4.69) is 20.3 Å². The van der Waals surface area contributed by atoms with Crippen LogP contribution in [0.3, 0.4) is 0 Å². The molecule has 0 spiro atoms. The molecule has 0 fully saturated rings. The summed E-state index contributed by atoms with van der Waals surface area (Å²) in [4.78, 5) is 48.6. The number of amides is 1. The fourth-order valence-corrected chi connectivity index (χ4v) is 3.34. The zero-order valence-corrected chi connectivity index (χ0v) is 16.4. The number of thiazole rings is 1. The van der Waals surface area contributed by atoms with Crippen molar-refractivity contribution in [1.29, 1.82) is 0 Å². The average Bonchev–Trinajstić information content (AvgIpc) is 3.41. The van der Waals surface area contributed by atoms with Crippen LogP contribution in [0.1, 0.15) is 27.8 Å². The Morgan fingerprint density at radius 1 is 1.17 bits per heavy atom. The molecule has 1 aliphatic heterocycles. The fourth-order valence-electron chi connectivity index (χ4n) is 2.61. The van der Waals surface area contributed by atoms with Crippen molar-refractivity contribution in [2.24, 2.45) is 0 Å². The van der Waals surface area contributed by atoms with Crippen LogP contribution < -0.4 is 14.8 Å². The molecular weight excluding hydrogens is 412 g/mol. The number of carbonyl (C=O) groups excluding carboxylic acids is 3. The van der Waals surface area contributed by atoms with Gasteiger partial charge in [0.15, 0.2) is 40.4 Å². The number of ketones is 1. The number of carbonyl (C=O) groups is 3. The van der Waals surface area contributed by atoms with Gasteiger partial charge >= 0.3 is 5.97 Å². The summed E-state index contributed by atoms with van der Waals surface area (Å²) in [5.74, 6) is -0.429. The van der Waals surface area contributed by atoms with E-state index in [1.54, 1.807) is 18.5 Å². The van der Waals surface area contributed by atoms with Crippen LogP contribution in [0.4, 0.5) is 5.69 Å². The number of esters is 1. The molecule has 30 heavy (non-hydrogen) atoms. The van der Waals surface area contributed by atoms with E-state index in [0.29, 0.717) is 22.3 Å². The van der Waals surface area contributed by atoms with Gasteiger partial charge in [-0.15, -0.1) is 11.3 Å². The molecule has 1 aliphatic rings. The standard InChI is InChI=1S/C19H14N4O6S/c1-10(24)11-5-14-15(29-9-28-14)6-12(11)22-16(25)7-27-19(26)13-8-30-18(23-13)17-20-3-2-4-21-17/h2-6,8H,7,9H2,1H3,(H,22,25). The van der Waals surface area contributed by atoms with E-state index in [1.807, 2.05) is 0 Å². The summed E-state index contributed by atoms with van der Waals surface area (Å²) in [5, 5.41) is 4.50. The van der Waals surface area contributed by atoms with Gasteiger partial charge in [-0.3, -0.25) is 9.59 Å². The molecule has 2 aromatic heterocycles. The first-order chi connectivity index (χ1) is 14.5. The van der Waals surface area contributed by atoms with Crippen LogP contribution in [0.15, 0.2) is 36.0 Å². The Kier molecular flexibility index (Phi) is 5.35. The van der Waals surface area contributed by atoms with E-state index >= 15 is 0 Å². The van der Waals surface area contributed by atoms with Gasteiger partial charge in [0, 0.05) is 29.4 Å². The third-order valence-electron chi connectivity index (χ3n) is 3.97. The molecule has 0 saturated carbocycles. The number of anilines is 1. The SMILES string of the molecule is CC(=O)c1cc2c(cc1NC(=O)COC(=O)c1csc(-c3ncccn3)n1)OCO2. The maximum absolute atomic E-state index is 12.2. The number of nitrogens with zero attached hydrogens (tertiary/aromatic N) is 3. The first-order valence-electron chi connectivity index (χ1n) is 8.66. The lowest BCUT2D eigenvalue weighted by Crippen LogP contribution is -2.22. The number of ether oxygens (including phenoxy) is 3. The van der Waals surface area contributed by atoms with E-state index in [0.717, 1.165) is 0 Å². The molecular formula is C19H14N4O6S. The molecule has 1 amide bonds. The van der Waals surface area contributed by atoms with E-state index in [4.69, 9.17) is 14.2 Å². The first-order valence-corrected chi connectivity index (χ1v) is 9.53. The Balaban J connectivity index is 1.39. The number of hydrogen-bond acceptors (Lipinski definition) is 10. The largest absolute Gasteiger partial charge is 0.454 e. The number of Topliss-reactive ketones (excluding diaryl/α,β-unsaturated/α-hetero) is 1. The van der Waals surface area contributed by atoms with Gasteiger partial charge < -0.3 is 19.5 Å². The summed E-state index contributed by atoms with van der Waals surface area (Å²) in [6.45, 7) is 0.841. The number of benzene rings is 1. The highest BCUT2D eigenvalue weighted by Gasteiger charge is 2.21. The number of rotatable bonds is 6. The van der Waals surface area contributed by atoms with Crippen LogP contribution in [0.5, 0.6) is 11.5 Å². The highest BCUT2D eigenvalue weighted by Crippen LogP contribution is 2.37. The predicted octanol–water partition coefficient (Wildman–Crippen LogP) is 2.33. The van der Waals surface area contributed by atoms with Crippen LogP contribution in [0.2, 0.25) is 0 Å². The van der Waals surface area contributed by atoms with Gasteiger partial charge in [-0.25, -0.2) is 19.7 Å². The smallest absolute Gasteiger partial charge is 0.358 e. The van der Waals surface area contributed by atoms with Crippen molar-refractivity contribution in [2.45, 2.75) is 6.92 Å². The number of fused-ring (bicyclic) bond motifs is 1. The van der Waals surface area contributed by atoms with Gasteiger partial charge in [0.1, 0.15) is 0 Å². The predicted molar refractivity (Wildman–Crippen MR) is 105 cm³/mol. The third-order valence-corrected chi connectivity index (χ3v) is 4.81. The maximum Gasteiger partial charge on any atom is 0.358 e. The molecule has 0 radical (unpaired) electrons. The zero-order valence-electron chi connectivity index (χ0n) is 15.6. The summed E-state index contributed by atoms with van der Waals surface area (Å²) < 4.78 is 15.5. The van der Waals surface area contributed by atoms with Crippen molar-refractivity contribution in [3.05, 3.63) is 47.2 Å². The molecule has 10 nitrogen and oxygen atoms in total. The minimum Gasteiger partial charge on any atom is -0.454 e. The van der Waals surface area contributed by atoms with Crippen molar-refractivity contribution >= 4 is 34.7 Å². The van der Waals surface area contributed by atoms with Crippen molar-refractivity contribution in [3.63, 3.8) is 0 Å². The molecule has 4 rings (SSSR count). The van der Waals surface area contributed by atoms with Crippen molar-refractivity contribution < 1.29 is 28.6 Å². The van der Waals surface area contributed by atoms with Gasteiger partial charge in [-0.05, 0) is 19.1 Å². The monoisotopic (exact) mass is 426 g/mol. The van der Waals surface area contributed by atoms with Crippen LogP contribution in [-0.4, -0.2) is 46.0 Å². The first kappa shape index (κ1) is 19.5. The second kappa shape index (κ2) is 8.25. The van der Waals surface area contributed by atoms with Gasteiger partial charge in [-0.2, -0.15) is 0 Å². The molecule has 152 valence electrons. The number of nitrogens with one attached hydrogen (secondary N) is 1. The van der Waals surface area contributed by atoms with E-state index in [9.17, 15) is 14.4 Å². The van der Waals surface area contributed by atoms with E-state index < -0.39 is 18.5 Å². The van der Waals surface area contributed by atoms with Crippen LogP contribution in [0, 0.1) is 0 Å². The highest BCUT2D eigenvalue weighted by atomic mass is 32.1. The topological polar surface area (TPSA) is 130 Å². The molecule has 3 heterocycles. The lowest BCUT2D eigenvalue weighted by Gasteiger charge is -2.10. The Bertz CT molecular complexity index is 1130. The lowest BCUT2D eigenvalue weighted by atomic mass is 10.1. The molecule has 0 atom stereocenters. The lowest BCUT2D eigenvalue weighted by molar-refractivity contribution is -0.119. The Hall–Kier alpha value is -3.86. The van der Waals surface area contributed by atoms with Gasteiger partial charge in [0.25, 0.3) is 5.91 Å². The Morgan fingerprint density at radius 2 is 1.90 bits per heavy atom. The van der Waals surface area contributed by atoms with Gasteiger partial charge in [0.05, 0.1) is 5.69 Å². The summed E-state index contributed by atoms with van der Waals surface area (Å²) in [7, 11) is 0. The molecule has 0 unspecified atom stereocenters. The highest BCUT2D eigenvalue weighted by molar-refractivity contribution is 7.13. The van der Waals surface area contributed by atoms with E-state index in [1.165, 1.54) is 35.8 Å². The molecule has 0 bridgehead atoms. The number of hydrogen-bond donors (Lipinski definition) is 1. The fraction of sp³-hybridized carbons (Fsp3) is 0.158. The van der Waals surface area contributed by atoms with Crippen LogP contribution >= 0.6 is 11.3 Å². The maximum atomic E-state index is 12.2. The average molecular weight is 426 g/mol. The summed E-state index contributed by atoms with van der Waals surface area (Å²) in [5.41, 5.74) is 0.540. The summed E-state index contributed by atoms with van der Waals surface area (Å²) in [6.07, 6.45) is 3.13. The summed E-state index contributed by atoms with van der Waals surface area (Å²) >= 11 is 1.18. The minimum atomic E-state index is -0.763. The summed E-state index contributed by atoms with van der Waals surface area (Å²) in [6, 6.07) is 4.66. The minimum absolute atomic E-state index is 0.0331. The van der Waals surface area contributed by atoms with E-state index in [-0.39, 0.29) is 29.5 Å². The molecule has 11 heteroatoms. The molecule has 0 saturated heterocycles. The Morgan fingerprint density at radius 3 is 2.63 bits per heavy atom. The third kappa shape index (κ3) is 4.10. The zero-order chi connectivity index (χ0) is 21.1. The van der Waals surface area contributed by atoms with Crippen molar-refractivity contribution in [2.75, 3.05) is 18.7 Å².